The molecule has 0 saturated carbocycles. The van der Waals surface area contributed by atoms with Crippen molar-refractivity contribution in [2.75, 3.05) is 19.6 Å². The van der Waals surface area contributed by atoms with Gasteiger partial charge in [-0.25, -0.2) is 4.98 Å². The average Bonchev–Trinajstić information content (AvgIpc) is 2.95. The van der Waals surface area contributed by atoms with E-state index in [9.17, 15) is 4.79 Å². The molecule has 1 saturated heterocycles. The summed E-state index contributed by atoms with van der Waals surface area (Å²) in [5.41, 5.74) is 2.15. The number of piperazine rings is 1. The monoisotopic (exact) mass is 315 g/mol. The van der Waals surface area contributed by atoms with E-state index < -0.39 is 0 Å². The van der Waals surface area contributed by atoms with Gasteiger partial charge in [-0.2, -0.15) is 0 Å². The third-order valence-electron chi connectivity index (χ3n) is 3.95. The highest BCUT2D eigenvalue weighted by Gasteiger charge is 2.23. The van der Waals surface area contributed by atoms with Gasteiger partial charge in [0.05, 0.1) is 17.1 Å². The van der Waals surface area contributed by atoms with Crippen molar-refractivity contribution in [3.8, 4) is 0 Å². The van der Waals surface area contributed by atoms with Crippen LogP contribution in [0.1, 0.15) is 23.2 Å². The van der Waals surface area contributed by atoms with Crippen molar-refractivity contribution in [3.63, 3.8) is 0 Å². The lowest BCUT2D eigenvalue weighted by atomic mass is 10.1. The van der Waals surface area contributed by atoms with Gasteiger partial charge in [0, 0.05) is 37.5 Å². The maximum absolute atomic E-state index is 12.4. The van der Waals surface area contributed by atoms with Gasteiger partial charge >= 0.3 is 0 Å². The fourth-order valence-corrected chi connectivity index (χ4v) is 3.58. The van der Waals surface area contributed by atoms with Crippen LogP contribution in [-0.2, 0) is 17.6 Å². The Hall–Kier alpha value is -1.72. The first-order valence-electron chi connectivity index (χ1n) is 7.70. The fourth-order valence-electron chi connectivity index (χ4n) is 2.75. The number of hydrogen-bond donors (Lipinski definition) is 1. The topological polar surface area (TPSA) is 45.2 Å². The summed E-state index contributed by atoms with van der Waals surface area (Å²) >= 11 is 1.64. The Morgan fingerprint density at radius 1 is 1.41 bits per heavy atom. The van der Waals surface area contributed by atoms with Crippen molar-refractivity contribution in [2.24, 2.45) is 0 Å². The van der Waals surface area contributed by atoms with Crippen LogP contribution in [0.3, 0.4) is 0 Å². The minimum Gasteiger partial charge on any atom is -0.337 e. The average molecular weight is 315 g/mol. The lowest BCUT2D eigenvalue weighted by molar-refractivity contribution is -0.133. The van der Waals surface area contributed by atoms with Crippen molar-refractivity contribution in [1.82, 2.24) is 15.2 Å². The van der Waals surface area contributed by atoms with Gasteiger partial charge < -0.3 is 10.2 Å². The van der Waals surface area contributed by atoms with Crippen LogP contribution in [-0.4, -0.2) is 41.5 Å². The van der Waals surface area contributed by atoms with E-state index in [0.717, 1.165) is 36.8 Å². The number of rotatable bonds is 4. The molecule has 0 aliphatic carbocycles. The molecule has 1 aromatic heterocycles. The number of carbonyl (C=O) groups excluding carboxylic acids is 1. The number of nitrogens with zero attached hydrogens (tertiary/aromatic N) is 2. The zero-order valence-electron chi connectivity index (χ0n) is 12.8. The van der Waals surface area contributed by atoms with E-state index in [2.05, 4.69) is 29.4 Å². The lowest BCUT2D eigenvalue weighted by Gasteiger charge is -2.33. The second-order valence-corrected chi connectivity index (χ2v) is 6.65. The number of aromatic nitrogens is 1. The first-order chi connectivity index (χ1) is 10.7. The summed E-state index contributed by atoms with van der Waals surface area (Å²) in [6.45, 7) is 4.64. The maximum atomic E-state index is 12.4. The molecule has 0 bridgehead atoms. The zero-order chi connectivity index (χ0) is 15.4. The lowest BCUT2D eigenvalue weighted by Crippen LogP contribution is -2.52. The normalized spacial score (nSPS) is 18.4. The van der Waals surface area contributed by atoms with Crippen molar-refractivity contribution in [1.29, 1.82) is 0 Å². The molecule has 1 atom stereocenters. The molecule has 0 radical (unpaired) electrons. The molecule has 22 heavy (non-hydrogen) atoms. The molecule has 1 amide bonds. The van der Waals surface area contributed by atoms with Crippen molar-refractivity contribution < 1.29 is 4.79 Å². The summed E-state index contributed by atoms with van der Waals surface area (Å²) < 4.78 is 0. The number of benzene rings is 1. The molecule has 5 heteroatoms. The number of thiazole rings is 1. The van der Waals surface area contributed by atoms with Crippen LogP contribution in [0.25, 0.3) is 0 Å². The maximum Gasteiger partial charge on any atom is 0.228 e. The summed E-state index contributed by atoms with van der Waals surface area (Å²) in [6, 6.07) is 10.6. The molecule has 1 aromatic carbocycles. The fraction of sp³-hybridized carbons (Fsp3) is 0.412. The highest BCUT2D eigenvalue weighted by Crippen LogP contribution is 2.16. The second kappa shape index (κ2) is 7.03. The molecule has 116 valence electrons. The van der Waals surface area contributed by atoms with Crippen molar-refractivity contribution in [2.45, 2.75) is 25.8 Å². The molecule has 1 fully saturated rings. The molecule has 3 rings (SSSR count). The summed E-state index contributed by atoms with van der Waals surface area (Å²) in [7, 11) is 0. The standard InChI is InChI=1S/C17H21N3OS/c1-13-11-18-7-8-20(13)17(21)10-15-12-22-16(19-15)9-14-5-3-2-4-6-14/h2-6,12-13,18H,7-11H2,1H3/t13-/m0/s1. The van der Waals surface area contributed by atoms with Gasteiger partial charge in [-0.3, -0.25) is 4.79 Å². The Kier molecular flexibility index (Phi) is 4.85. The Bertz CT molecular complexity index is 626. The van der Waals surface area contributed by atoms with Crippen LogP contribution < -0.4 is 5.32 Å². The Morgan fingerprint density at radius 2 is 2.23 bits per heavy atom. The zero-order valence-corrected chi connectivity index (χ0v) is 13.6. The predicted molar refractivity (Wildman–Crippen MR) is 89.1 cm³/mol. The largest absolute Gasteiger partial charge is 0.337 e. The van der Waals surface area contributed by atoms with E-state index in [1.54, 1.807) is 11.3 Å². The van der Waals surface area contributed by atoms with E-state index in [-0.39, 0.29) is 11.9 Å². The quantitative estimate of drug-likeness (QED) is 0.940. The first kappa shape index (κ1) is 15.2. The number of nitrogens with one attached hydrogen (secondary N) is 1. The van der Waals surface area contributed by atoms with Gasteiger partial charge in [-0.05, 0) is 12.5 Å². The molecule has 1 aliphatic heterocycles. The number of hydrogen-bond acceptors (Lipinski definition) is 4. The summed E-state index contributed by atoms with van der Waals surface area (Å²) in [5, 5.41) is 6.40. The van der Waals surface area contributed by atoms with E-state index >= 15 is 0 Å². The van der Waals surface area contributed by atoms with Crippen LogP contribution in [0, 0.1) is 0 Å². The highest BCUT2D eigenvalue weighted by molar-refractivity contribution is 7.09. The van der Waals surface area contributed by atoms with E-state index in [4.69, 9.17) is 0 Å². The Labute approximate surface area is 135 Å². The first-order valence-corrected chi connectivity index (χ1v) is 8.58. The Morgan fingerprint density at radius 3 is 3.00 bits per heavy atom. The molecular weight excluding hydrogens is 294 g/mol. The smallest absolute Gasteiger partial charge is 0.228 e. The van der Waals surface area contributed by atoms with Gasteiger partial charge in [-0.1, -0.05) is 30.3 Å². The Balaban J connectivity index is 1.60. The molecule has 1 N–H and O–H groups in total. The van der Waals surface area contributed by atoms with Gasteiger partial charge in [0.1, 0.15) is 0 Å². The summed E-state index contributed by atoms with van der Waals surface area (Å²) in [6.07, 6.45) is 1.25. The van der Waals surface area contributed by atoms with Crippen LogP contribution in [0.2, 0.25) is 0 Å². The van der Waals surface area contributed by atoms with E-state index in [1.807, 2.05) is 28.5 Å². The summed E-state index contributed by atoms with van der Waals surface area (Å²) in [4.78, 5) is 19.0. The molecule has 1 aliphatic rings. The third-order valence-corrected chi connectivity index (χ3v) is 4.85. The van der Waals surface area contributed by atoms with Gasteiger partial charge in [0.2, 0.25) is 5.91 Å². The van der Waals surface area contributed by atoms with Crippen molar-refractivity contribution >= 4 is 17.2 Å². The van der Waals surface area contributed by atoms with Crippen molar-refractivity contribution in [3.05, 3.63) is 52.0 Å². The van der Waals surface area contributed by atoms with Crippen LogP contribution >= 0.6 is 11.3 Å². The van der Waals surface area contributed by atoms with Gasteiger partial charge in [0.25, 0.3) is 0 Å². The minimum absolute atomic E-state index is 0.186. The molecule has 0 spiro atoms. The number of carbonyl (C=O) groups is 1. The molecular formula is C17H21N3OS. The second-order valence-electron chi connectivity index (χ2n) is 5.71. The van der Waals surface area contributed by atoms with E-state index in [1.165, 1.54) is 5.56 Å². The van der Waals surface area contributed by atoms with Crippen LogP contribution in [0.15, 0.2) is 35.7 Å². The minimum atomic E-state index is 0.186. The highest BCUT2D eigenvalue weighted by atomic mass is 32.1. The molecule has 2 aromatic rings. The molecule has 4 nitrogen and oxygen atoms in total. The third kappa shape index (κ3) is 3.72. The number of amides is 1. The van der Waals surface area contributed by atoms with Gasteiger partial charge in [0.15, 0.2) is 0 Å². The SMILES string of the molecule is C[C@H]1CNCCN1C(=O)Cc1csc(Cc2ccccc2)n1. The van der Waals surface area contributed by atoms with Crippen LogP contribution in [0.4, 0.5) is 0 Å². The van der Waals surface area contributed by atoms with E-state index in [0.29, 0.717) is 6.42 Å². The van der Waals surface area contributed by atoms with Crippen LogP contribution in [0.5, 0.6) is 0 Å². The summed E-state index contributed by atoms with van der Waals surface area (Å²) in [5.74, 6) is 0.186. The van der Waals surface area contributed by atoms with Gasteiger partial charge in [-0.15, -0.1) is 11.3 Å². The molecule has 0 unspecified atom stereocenters. The molecule has 2 heterocycles. The predicted octanol–water partition coefficient (Wildman–Crippen LogP) is 2.10.